The largest absolute Gasteiger partial charge is 0.492 e. The Labute approximate surface area is 188 Å². The summed E-state index contributed by atoms with van der Waals surface area (Å²) in [7, 11) is 2.13. The van der Waals surface area contributed by atoms with Gasteiger partial charge in [-0.15, -0.1) is 0 Å². The van der Waals surface area contributed by atoms with E-state index in [4.69, 9.17) is 4.74 Å². The molecule has 2 aromatic rings. The van der Waals surface area contributed by atoms with Gasteiger partial charge < -0.3 is 19.9 Å². The lowest BCUT2D eigenvalue weighted by molar-refractivity contribution is 0.0986. The molecular formula is C24H32BrN3O2. The summed E-state index contributed by atoms with van der Waals surface area (Å²) in [5.74, 6) is 0.715. The van der Waals surface area contributed by atoms with Crippen molar-refractivity contribution in [3.05, 3.63) is 52.5 Å². The predicted octanol–water partition coefficient (Wildman–Crippen LogP) is 5.41. The van der Waals surface area contributed by atoms with E-state index in [0.717, 1.165) is 48.2 Å². The Bertz CT molecular complexity index is 858. The zero-order valence-electron chi connectivity index (χ0n) is 18.2. The zero-order valence-corrected chi connectivity index (χ0v) is 19.7. The maximum absolute atomic E-state index is 13.4. The first-order chi connectivity index (χ1) is 14.5. The Morgan fingerprint density at radius 3 is 2.87 bits per heavy atom. The number of benzene rings is 2. The smallest absolute Gasteiger partial charge is 0.258 e. The molecule has 0 aromatic heterocycles. The first-order valence-corrected chi connectivity index (χ1v) is 11.6. The number of nitrogens with zero attached hydrogens (tertiary/aromatic N) is 2. The SMILES string of the molecule is CCCN(C)CCCOc1cc(C(=O)N2CC[C@H](C)Nc3ccccc32)ccc1Br. The van der Waals surface area contributed by atoms with Crippen LogP contribution in [0.25, 0.3) is 0 Å². The van der Waals surface area contributed by atoms with E-state index >= 15 is 0 Å². The zero-order chi connectivity index (χ0) is 21.5. The number of anilines is 2. The minimum absolute atomic E-state index is 0.00150. The van der Waals surface area contributed by atoms with Crippen LogP contribution in [0.4, 0.5) is 11.4 Å². The van der Waals surface area contributed by atoms with Crippen molar-refractivity contribution in [2.75, 3.05) is 43.5 Å². The lowest BCUT2D eigenvalue weighted by Crippen LogP contribution is -2.32. The van der Waals surface area contributed by atoms with Crippen molar-refractivity contribution in [3.63, 3.8) is 0 Å². The first kappa shape index (κ1) is 22.6. The number of fused-ring (bicyclic) bond motifs is 1. The van der Waals surface area contributed by atoms with E-state index in [1.54, 1.807) is 0 Å². The average Bonchev–Trinajstić information content (AvgIpc) is 2.90. The number of para-hydroxylation sites is 2. The standard InChI is InChI=1S/C24H32BrN3O2/c1-4-13-27(3)14-7-16-30-23-17-19(10-11-20(23)25)24(29)28-15-12-18(2)26-21-8-5-6-9-22(21)28/h5-6,8-11,17-18,26H,4,7,12-16H2,1-3H3/t18-/m0/s1. The summed E-state index contributed by atoms with van der Waals surface area (Å²) in [6, 6.07) is 13.9. The number of hydrogen-bond acceptors (Lipinski definition) is 4. The molecule has 0 radical (unpaired) electrons. The molecule has 0 saturated heterocycles. The summed E-state index contributed by atoms with van der Waals surface area (Å²) >= 11 is 3.56. The summed E-state index contributed by atoms with van der Waals surface area (Å²) in [5.41, 5.74) is 2.57. The van der Waals surface area contributed by atoms with Crippen LogP contribution in [0.15, 0.2) is 46.9 Å². The Balaban J connectivity index is 1.72. The maximum atomic E-state index is 13.4. The van der Waals surface area contributed by atoms with Crippen LogP contribution in [0.2, 0.25) is 0 Å². The highest BCUT2D eigenvalue weighted by atomic mass is 79.9. The van der Waals surface area contributed by atoms with Crippen LogP contribution >= 0.6 is 15.9 Å². The van der Waals surface area contributed by atoms with Gasteiger partial charge in [-0.25, -0.2) is 0 Å². The summed E-state index contributed by atoms with van der Waals surface area (Å²) in [4.78, 5) is 17.6. The molecule has 0 unspecified atom stereocenters. The van der Waals surface area contributed by atoms with Crippen LogP contribution in [0.5, 0.6) is 5.75 Å². The molecule has 0 spiro atoms. The quantitative estimate of drug-likeness (QED) is 0.520. The fourth-order valence-electron chi connectivity index (χ4n) is 3.74. The number of carbonyl (C=O) groups is 1. The molecule has 1 amide bonds. The van der Waals surface area contributed by atoms with Crippen LogP contribution in [-0.4, -0.2) is 50.1 Å². The second-order valence-electron chi connectivity index (χ2n) is 7.96. The molecule has 3 rings (SSSR count). The Morgan fingerprint density at radius 2 is 2.07 bits per heavy atom. The van der Waals surface area contributed by atoms with E-state index in [1.165, 1.54) is 0 Å². The highest BCUT2D eigenvalue weighted by molar-refractivity contribution is 9.10. The van der Waals surface area contributed by atoms with Gasteiger partial charge in [-0.05, 0) is 86.0 Å². The van der Waals surface area contributed by atoms with Crippen molar-refractivity contribution in [3.8, 4) is 5.75 Å². The molecule has 162 valence electrons. The monoisotopic (exact) mass is 473 g/mol. The first-order valence-electron chi connectivity index (χ1n) is 10.8. The lowest BCUT2D eigenvalue weighted by Gasteiger charge is -2.23. The van der Waals surface area contributed by atoms with Gasteiger partial charge in [0.05, 0.1) is 22.5 Å². The molecule has 0 saturated carbocycles. The predicted molar refractivity (Wildman–Crippen MR) is 128 cm³/mol. The average molecular weight is 474 g/mol. The normalized spacial score (nSPS) is 16.0. The van der Waals surface area contributed by atoms with Gasteiger partial charge in [0.2, 0.25) is 0 Å². The van der Waals surface area contributed by atoms with Gasteiger partial charge >= 0.3 is 0 Å². The molecule has 0 fully saturated rings. The summed E-state index contributed by atoms with van der Waals surface area (Å²) in [6.45, 7) is 7.73. The molecule has 30 heavy (non-hydrogen) atoms. The molecular weight excluding hydrogens is 442 g/mol. The molecule has 6 heteroatoms. The van der Waals surface area contributed by atoms with E-state index in [1.807, 2.05) is 47.4 Å². The van der Waals surface area contributed by atoms with Crippen molar-refractivity contribution in [2.24, 2.45) is 0 Å². The molecule has 0 bridgehead atoms. The molecule has 1 atom stereocenters. The molecule has 1 aliphatic rings. The Morgan fingerprint density at radius 1 is 1.27 bits per heavy atom. The van der Waals surface area contributed by atoms with E-state index in [2.05, 4.69) is 47.0 Å². The summed E-state index contributed by atoms with van der Waals surface area (Å²) < 4.78 is 6.87. The van der Waals surface area contributed by atoms with Crippen LogP contribution in [0.1, 0.15) is 43.5 Å². The lowest BCUT2D eigenvalue weighted by atomic mass is 10.1. The van der Waals surface area contributed by atoms with E-state index < -0.39 is 0 Å². The number of hydrogen-bond donors (Lipinski definition) is 1. The van der Waals surface area contributed by atoms with E-state index in [9.17, 15) is 4.79 Å². The number of nitrogens with one attached hydrogen (secondary N) is 1. The van der Waals surface area contributed by atoms with E-state index in [-0.39, 0.29) is 5.91 Å². The number of rotatable bonds is 8. The maximum Gasteiger partial charge on any atom is 0.258 e. The van der Waals surface area contributed by atoms with Crippen LogP contribution in [0.3, 0.4) is 0 Å². The van der Waals surface area contributed by atoms with Crippen molar-refractivity contribution >= 4 is 33.2 Å². The minimum atomic E-state index is -0.00150. The molecule has 0 aliphatic carbocycles. The molecule has 2 aromatic carbocycles. The molecule has 5 nitrogen and oxygen atoms in total. The summed E-state index contributed by atoms with van der Waals surface area (Å²) in [6.07, 6.45) is 3.00. The van der Waals surface area contributed by atoms with Gasteiger partial charge in [-0.1, -0.05) is 19.1 Å². The molecule has 1 aliphatic heterocycles. The molecule has 1 N–H and O–H groups in total. The van der Waals surface area contributed by atoms with Crippen LogP contribution in [-0.2, 0) is 0 Å². The third-order valence-electron chi connectivity index (χ3n) is 5.35. The second-order valence-corrected chi connectivity index (χ2v) is 8.81. The third kappa shape index (κ3) is 5.76. The van der Waals surface area contributed by atoms with Gasteiger partial charge in [0.25, 0.3) is 5.91 Å². The van der Waals surface area contributed by atoms with E-state index in [0.29, 0.717) is 30.5 Å². The minimum Gasteiger partial charge on any atom is -0.492 e. The fraction of sp³-hybridized carbons (Fsp3) is 0.458. The summed E-state index contributed by atoms with van der Waals surface area (Å²) in [5, 5.41) is 3.50. The van der Waals surface area contributed by atoms with Crippen molar-refractivity contribution in [2.45, 2.75) is 39.2 Å². The topological polar surface area (TPSA) is 44.8 Å². The van der Waals surface area contributed by atoms with Crippen molar-refractivity contribution in [1.82, 2.24) is 4.90 Å². The van der Waals surface area contributed by atoms with Gasteiger partial charge in [0, 0.05) is 24.7 Å². The Kier molecular flexibility index (Phi) is 8.16. The van der Waals surface area contributed by atoms with Gasteiger partial charge in [0.1, 0.15) is 5.75 Å². The van der Waals surface area contributed by atoms with Gasteiger partial charge in [-0.2, -0.15) is 0 Å². The number of halogens is 1. The Hall–Kier alpha value is -2.05. The highest BCUT2D eigenvalue weighted by Crippen LogP contribution is 2.32. The van der Waals surface area contributed by atoms with Crippen molar-refractivity contribution in [1.29, 1.82) is 0 Å². The van der Waals surface area contributed by atoms with Gasteiger partial charge in [0.15, 0.2) is 0 Å². The van der Waals surface area contributed by atoms with Crippen LogP contribution < -0.4 is 15.0 Å². The highest BCUT2D eigenvalue weighted by Gasteiger charge is 2.24. The number of amides is 1. The second kappa shape index (κ2) is 10.8. The fourth-order valence-corrected chi connectivity index (χ4v) is 4.10. The van der Waals surface area contributed by atoms with Crippen LogP contribution in [0, 0.1) is 0 Å². The number of ether oxygens (including phenoxy) is 1. The third-order valence-corrected chi connectivity index (χ3v) is 6.01. The number of carbonyl (C=O) groups excluding carboxylic acids is 1. The van der Waals surface area contributed by atoms with Gasteiger partial charge in [-0.3, -0.25) is 4.79 Å². The molecule has 1 heterocycles. The van der Waals surface area contributed by atoms with Crippen molar-refractivity contribution < 1.29 is 9.53 Å².